The van der Waals surface area contributed by atoms with Crippen molar-refractivity contribution in [3.63, 3.8) is 0 Å². The van der Waals surface area contributed by atoms with Gasteiger partial charge in [0.25, 0.3) is 11.8 Å². The lowest BCUT2D eigenvalue weighted by molar-refractivity contribution is -0.00635. The lowest BCUT2D eigenvalue weighted by Crippen LogP contribution is -2.38. The summed E-state index contributed by atoms with van der Waals surface area (Å²) in [5.41, 5.74) is 1.71. The number of imide groups is 1. The lowest BCUT2D eigenvalue weighted by Gasteiger charge is -2.24. The van der Waals surface area contributed by atoms with Crippen molar-refractivity contribution in [1.82, 2.24) is 5.06 Å². The van der Waals surface area contributed by atoms with Gasteiger partial charge in [-0.3, -0.25) is 9.59 Å². The zero-order valence-electron chi connectivity index (χ0n) is 16.4. The molecule has 1 aliphatic heterocycles. The molecule has 0 saturated carbocycles. The number of rotatable bonds is 6. The highest BCUT2D eigenvalue weighted by Crippen LogP contribution is 2.33. The molecule has 0 saturated heterocycles. The van der Waals surface area contributed by atoms with Crippen molar-refractivity contribution in [3.8, 4) is 11.8 Å². The van der Waals surface area contributed by atoms with Gasteiger partial charge in [-0.2, -0.15) is 4.28 Å². The minimum atomic E-state index is -0.487. The summed E-state index contributed by atoms with van der Waals surface area (Å²) in [4.78, 5) is 25.1. The number of hydroxylamine groups is 2. The minimum Gasteiger partial charge on any atom is -0.266 e. The fraction of sp³-hybridized carbons (Fsp3) is 0.364. The van der Waals surface area contributed by atoms with Crippen LogP contribution in [0, 0.1) is 11.8 Å². The second-order valence-corrected chi connectivity index (χ2v) is 6.80. The highest BCUT2D eigenvalue weighted by Gasteiger charge is 2.34. The van der Waals surface area contributed by atoms with E-state index in [9.17, 15) is 9.59 Å². The zero-order chi connectivity index (χ0) is 20.5. The Morgan fingerprint density at radius 1 is 1.04 bits per heavy atom. The van der Waals surface area contributed by atoms with E-state index in [4.69, 9.17) is 4.28 Å². The van der Waals surface area contributed by atoms with Crippen molar-refractivity contribution in [2.24, 2.45) is 0 Å². The number of hydrogen-bond donors (Lipinski definition) is 1. The van der Waals surface area contributed by atoms with Crippen molar-refractivity contribution < 1.29 is 13.9 Å². The lowest BCUT2D eigenvalue weighted by atomic mass is 9.92. The number of amides is 2. The first-order chi connectivity index (χ1) is 13.7. The van der Waals surface area contributed by atoms with Crippen molar-refractivity contribution in [2.75, 3.05) is 0 Å². The number of unbranched alkanes of at least 4 members (excludes halogenated alkanes) is 4. The molecule has 0 unspecified atom stereocenters. The van der Waals surface area contributed by atoms with Crippen LogP contribution in [0.1, 0.15) is 79.2 Å². The quantitative estimate of drug-likeness (QED) is 0.152. The molecule has 1 heterocycles. The van der Waals surface area contributed by atoms with E-state index in [1.165, 1.54) is 19.3 Å². The van der Waals surface area contributed by atoms with E-state index in [1.54, 1.807) is 18.2 Å². The smallest absolute Gasteiger partial charge is 0.266 e. The van der Waals surface area contributed by atoms with Gasteiger partial charge in [0.05, 0.1) is 22.2 Å². The number of nitrogens with zero attached hydrogens (tertiary/aromatic N) is 1. The van der Waals surface area contributed by atoms with Gasteiger partial charge < -0.3 is 0 Å². The molecule has 2 aromatic rings. The Morgan fingerprint density at radius 3 is 2.43 bits per heavy atom. The van der Waals surface area contributed by atoms with Gasteiger partial charge in [-0.15, -0.1) is 5.06 Å². The number of hydrogen-bond acceptors (Lipinski definition) is 5. The molecule has 0 N–H and O–H groups in total. The minimum absolute atomic E-state index is 0.436. The largest absolute Gasteiger partial charge is 0.286 e. The Balaban J connectivity index is 0.00000136. The van der Waals surface area contributed by atoms with E-state index in [1.807, 2.05) is 26.0 Å². The number of carbonyl (C=O) groups is 2. The van der Waals surface area contributed by atoms with E-state index in [0.29, 0.717) is 27.6 Å². The van der Waals surface area contributed by atoms with Crippen molar-refractivity contribution in [2.45, 2.75) is 52.9 Å². The molecule has 6 heteroatoms. The van der Waals surface area contributed by atoms with E-state index in [2.05, 4.69) is 30.4 Å². The molecule has 148 valence electrons. The van der Waals surface area contributed by atoms with Gasteiger partial charge in [-0.25, -0.2) is 0 Å². The van der Waals surface area contributed by atoms with Gasteiger partial charge in [-0.05, 0) is 30.0 Å². The highest BCUT2D eigenvalue weighted by atomic mass is 33.1. The van der Waals surface area contributed by atoms with Crippen LogP contribution in [-0.4, -0.2) is 16.9 Å². The van der Waals surface area contributed by atoms with Gasteiger partial charge in [0.2, 0.25) is 0 Å². The average molecular weight is 416 g/mol. The van der Waals surface area contributed by atoms with E-state index in [0.717, 1.165) is 28.9 Å². The first kappa shape index (κ1) is 22.4. The molecule has 0 aromatic heterocycles. The molecule has 1 aliphatic rings. The topological polar surface area (TPSA) is 46.6 Å². The van der Waals surface area contributed by atoms with E-state index < -0.39 is 11.8 Å². The second-order valence-electron chi connectivity index (χ2n) is 6.06. The molecule has 0 fully saturated rings. The molecular formula is C22H25NO3S2. The fourth-order valence-electron chi connectivity index (χ4n) is 3.08. The maximum Gasteiger partial charge on any atom is 0.286 e. The maximum absolute atomic E-state index is 12.6. The predicted molar refractivity (Wildman–Crippen MR) is 119 cm³/mol. The molecule has 0 radical (unpaired) electrons. The third-order valence-electron chi connectivity index (χ3n) is 4.36. The molecule has 2 amide bonds. The summed E-state index contributed by atoms with van der Waals surface area (Å²) < 4.78 is 5.02. The Hall–Kier alpha value is -1.94. The Morgan fingerprint density at radius 2 is 1.75 bits per heavy atom. The summed E-state index contributed by atoms with van der Waals surface area (Å²) in [5, 5.41) is 2.21. The average Bonchev–Trinajstić information content (AvgIpc) is 2.73. The molecular weight excluding hydrogens is 390 g/mol. The van der Waals surface area contributed by atoms with Gasteiger partial charge in [0.15, 0.2) is 0 Å². The summed E-state index contributed by atoms with van der Waals surface area (Å²) in [7, 11) is 0. The normalized spacial score (nSPS) is 12.4. The summed E-state index contributed by atoms with van der Waals surface area (Å²) in [6.07, 6.45) is 5.57. The van der Waals surface area contributed by atoms with Gasteiger partial charge >= 0.3 is 0 Å². The Bertz CT molecular complexity index is 893. The second kappa shape index (κ2) is 11.2. The van der Waals surface area contributed by atoms with Crippen LogP contribution < -0.4 is 0 Å². The molecule has 0 atom stereocenters. The highest BCUT2D eigenvalue weighted by molar-refractivity contribution is 8.66. The van der Waals surface area contributed by atoms with Crippen LogP contribution in [-0.2, 0) is 4.28 Å². The summed E-state index contributed by atoms with van der Waals surface area (Å²) in [5.74, 6) is 5.44. The Labute approximate surface area is 176 Å². The zero-order valence-corrected chi connectivity index (χ0v) is 18.2. The van der Waals surface area contributed by atoms with Gasteiger partial charge in [-0.1, -0.05) is 75.7 Å². The molecule has 4 nitrogen and oxygen atoms in total. The van der Waals surface area contributed by atoms with Crippen LogP contribution in [0.15, 0.2) is 30.3 Å². The maximum atomic E-state index is 12.6. The van der Waals surface area contributed by atoms with E-state index in [-0.39, 0.29) is 0 Å². The molecule has 0 bridgehead atoms. The Kier molecular flexibility index (Phi) is 8.91. The van der Waals surface area contributed by atoms with Crippen LogP contribution in [0.4, 0.5) is 0 Å². The summed E-state index contributed by atoms with van der Waals surface area (Å²) >= 11 is 4.52. The molecule has 28 heavy (non-hydrogen) atoms. The van der Waals surface area contributed by atoms with Gasteiger partial charge in [0.1, 0.15) is 0 Å². The standard InChI is InChI=1S/C20H19NO3S2.C2H6/c1-2-3-4-5-6-7-9-14-12-13-17-18-15(14)10-8-11-16(18)19(22)21(20(17)23)24-26-25;1-2/h8,10-13,25H,2-6H2,1H3;1-2H3. The molecule has 0 aliphatic carbocycles. The van der Waals surface area contributed by atoms with Crippen molar-refractivity contribution in [1.29, 1.82) is 0 Å². The number of carbonyl (C=O) groups excluding carboxylic acids is 2. The summed E-state index contributed by atoms with van der Waals surface area (Å²) in [6.45, 7) is 6.19. The third kappa shape index (κ3) is 4.72. The molecule has 2 aromatic carbocycles. The van der Waals surface area contributed by atoms with Crippen molar-refractivity contribution in [3.05, 3.63) is 47.0 Å². The van der Waals surface area contributed by atoms with Crippen LogP contribution in [0.2, 0.25) is 0 Å². The third-order valence-corrected chi connectivity index (χ3v) is 4.77. The fourth-order valence-corrected chi connectivity index (χ4v) is 3.48. The van der Waals surface area contributed by atoms with Crippen LogP contribution in [0.3, 0.4) is 0 Å². The van der Waals surface area contributed by atoms with Gasteiger partial charge in [0, 0.05) is 17.4 Å². The van der Waals surface area contributed by atoms with E-state index >= 15 is 0 Å². The molecule has 0 spiro atoms. The van der Waals surface area contributed by atoms with Crippen LogP contribution in [0.25, 0.3) is 10.8 Å². The molecule has 3 rings (SSSR count). The number of thiol groups is 1. The first-order valence-electron chi connectivity index (χ1n) is 9.60. The summed E-state index contributed by atoms with van der Waals surface area (Å²) in [6, 6.07) is 8.94. The SMILES string of the molecule is CC.CCCCCCC#Cc1ccc2c3c(cccc13)C(=O)N(OSS)C2=O. The first-order valence-corrected chi connectivity index (χ1v) is 11.4. The van der Waals surface area contributed by atoms with Crippen LogP contribution in [0.5, 0.6) is 0 Å². The van der Waals surface area contributed by atoms with Crippen molar-refractivity contribution >= 4 is 45.3 Å². The van der Waals surface area contributed by atoms with Crippen LogP contribution >= 0.6 is 22.7 Å². The number of benzene rings is 2. The monoisotopic (exact) mass is 415 g/mol. The predicted octanol–water partition coefficient (Wildman–Crippen LogP) is 6.21.